The molecule has 1 N–H and O–H groups in total. The third-order valence-electron chi connectivity index (χ3n) is 5.59. The molecular formula is C22H23ClN4OS. The molecule has 5 nitrogen and oxygen atoms in total. The highest BCUT2D eigenvalue weighted by atomic mass is 35.5. The van der Waals surface area contributed by atoms with Crippen molar-refractivity contribution in [2.75, 3.05) is 10.7 Å². The number of nitrogens with zero attached hydrogens (tertiary/aromatic N) is 3. The quantitative estimate of drug-likeness (QED) is 0.591. The molecule has 29 heavy (non-hydrogen) atoms. The molecule has 4 rings (SSSR count). The molecule has 1 aromatic heterocycles. The van der Waals surface area contributed by atoms with Crippen molar-refractivity contribution in [3.63, 3.8) is 0 Å². The van der Waals surface area contributed by atoms with E-state index in [0.29, 0.717) is 10.9 Å². The fourth-order valence-electron chi connectivity index (χ4n) is 4.51. The average Bonchev–Trinajstić information content (AvgIpc) is 3.20. The number of carbonyl (C=O) groups is 1. The lowest BCUT2D eigenvalue weighted by Gasteiger charge is -2.51. The van der Waals surface area contributed by atoms with Gasteiger partial charge in [0.15, 0.2) is 5.16 Å². The van der Waals surface area contributed by atoms with Gasteiger partial charge in [0.25, 0.3) is 0 Å². The highest BCUT2D eigenvalue weighted by Gasteiger charge is 2.47. The van der Waals surface area contributed by atoms with Crippen LogP contribution in [0.5, 0.6) is 0 Å². The number of hydrogen-bond acceptors (Lipinski definition) is 4. The summed E-state index contributed by atoms with van der Waals surface area (Å²) in [7, 11) is 0. The number of carbonyl (C=O) groups excluding carboxylic acids is 1. The Morgan fingerprint density at radius 2 is 1.90 bits per heavy atom. The van der Waals surface area contributed by atoms with E-state index < -0.39 is 0 Å². The molecule has 0 unspecified atom stereocenters. The molecular weight excluding hydrogens is 404 g/mol. The maximum Gasteiger partial charge on any atom is 0.237 e. The summed E-state index contributed by atoms with van der Waals surface area (Å²) in [4.78, 5) is 19.3. The van der Waals surface area contributed by atoms with Gasteiger partial charge in [0.1, 0.15) is 6.33 Å². The molecule has 0 radical (unpaired) electrons. The third kappa shape index (κ3) is 3.67. The van der Waals surface area contributed by atoms with Crippen LogP contribution in [-0.4, -0.2) is 32.4 Å². The number of amides is 1. The van der Waals surface area contributed by atoms with Gasteiger partial charge in [0, 0.05) is 21.7 Å². The van der Waals surface area contributed by atoms with Crippen molar-refractivity contribution in [2.45, 2.75) is 43.3 Å². The Morgan fingerprint density at radius 1 is 1.17 bits per heavy atom. The lowest BCUT2D eigenvalue weighted by atomic mass is 9.65. The first kappa shape index (κ1) is 20.0. The highest BCUT2D eigenvalue weighted by Crippen LogP contribution is 2.50. The van der Waals surface area contributed by atoms with Crippen LogP contribution < -0.4 is 4.90 Å². The molecule has 1 atom stereocenters. The number of fused-ring (bicyclic) bond motifs is 1. The Hall–Kier alpha value is -2.31. The summed E-state index contributed by atoms with van der Waals surface area (Å²) in [6, 6.07) is 16.2. The number of thioether (sulfide) groups is 1. The molecule has 0 saturated carbocycles. The van der Waals surface area contributed by atoms with E-state index >= 15 is 0 Å². The topological polar surface area (TPSA) is 61.9 Å². The summed E-state index contributed by atoms with van der Waals surface area (Å²) in [6.07, 6.45) is 2.25. The van der Waals surface area contributed by atoms with Crippen molar-refractivity contribution in [1.82, 2.24) is 15.2 Å². The molecule has 7 heteroatoms. The summed E-state index contributed by atoms with van der Waals surface area (Å²) in [6.45, 7) is 6.52. The standard InChI is InChI=1S/C22H23ClN4OS/c1-21(2)13-22(3,15-8-10-16(23)11-9-15)17-6-4-5-7-18(17)27(21)19(28)12-29-20-24-14-25-26-20/h4-11,14H,12-13H2,1-3H3,(H,24,25,26)/t22-/m0/s1. The Balaban J connectivity index is 1.73. The van der Waals surface area contributed by atoms with E-state index in [2.05, 4.69) is 54.2 Å². The van der Waals surface area contributed by atoms with Crippen molar-refractivity contribution in [2.24, 2.45) is 0 Å². The van der Waals surface area contributed by atoms with Gasteiger partial charge in [-0.15, -0.1) is 0 Å². The normalized spacial score (nSPS) is 20.3. The monoisotopic (exact) mass is 426 g/mol. The number of nitrogens with one attached hydrogen (secondary N) is 1. The van der Waals surface area contributed by atoms with Crippen LogP contribution in [0.4, 0.5) is 5.69 Å². The Bertz CT molecular complexity index is 1020. The van der Waals surface area contributed by atoms with Crippen LogP contribution in [0.25, 0.3) is 0 Å². The van der Waals surface area contributed by atoms with Gasteiger partial charge in [-0.25, -0.2) is 4.98 Å². The number of benzene rings is 2. The minimum atomic E-state index is -0.359. The van der Waals surface area contributed by atoms with Crippen LogP contribution in [0.15, 0.2) is 60.0 Å². The summed E-state index contributed by atoms with van der Waals surface area (Å²) in [5.74, 6) is 0.354. The van der Waals surface area contributed by atoms with Gasteiger partial charge in [0.05, 0.1) is 5.75 Å². The number of rotatable bonds is 4. The van der Waals surface area contributed by atoms with Crippen LogP contribution >= 0.6 is 23.4 Å². The lowest BCUT2D eigenvalue weighted by molar-refractivity contribution is -0.117. The molecule has 0 aliphatic carbocycles. The minimum absolute atomic E-state index is 0.0574. The molecule has 0 fully saturated rings. The molecule has 2 heterocycles. The molecule has 1 aliphatic heterocycles. The Kier molecular flexibility index (Phi) is 5.17. The summed E-state index contributed by atoms with van der Waals surface area (Å²) >= 11 is 7.49. The van der Waals surface area contributed by atoms with E-state index in [1.54, 1.807) is 0 Å². The van der Waals surface area contributed by atoms with Crippen LogP contribution in [0.3, 0.4) is 0 Å². The summed E-state index contributed by atoms with van der Waals surface area (Å²) in [5, 5.41) is 8.01. The van der Waals surface area contributed by atoms with E-state index in [0.717, 1.165) is 22.7 Å². The number of aromatic amines is 1. The van der Waals surface area contributed by atoms with Gasteiger partial charge >= 0.3 is 0 Å². The first-order valence-electron chi connectivity index (χ1n) is 9.48. The van der Waals surface area contributed by atoms with E-state index in [1.807, 2.05) is 35.2 Å². The second-order valence-corrected chi connectivity index (χ2v) is 9.55. The summed E-state index contributed by atoms with van der Waals surface area (Å²) < 4.78 is 0. The lowest BCUT2D eigenvalue weighted by Crippen LogP contribution is -2.56. The van der Waals surface area contributed by atoms with E-state index in [1.165, 1.54) is 23.7 Å². The number of para-hydroxylation sites is 1. The van der Waals surface area contributed by atoms with E-state index in [-0.39, 0.29) is 16.9 Å². The highest BCUT2D eigenvalue weighted by molar-refractivity contribution is 7.99. The molecule has 150 valence electrons. The number of H-pyrrole nitrogens is 1. The van der Waals surface area contributed by atoms with Gasteiger partial charge in [-0.3, -0.25) is 9.89 Å². The predicted molar refractivity (Wildman–Crippen MR) is 118 cm³/mol. The zero-order chi connectivity index (χ0) is 20.6. The minimum Gasteiger partial charge on any atom is -0.306 e. The Morgan fingerprint density at radius 3 is 2.59 bits per heavy atom. The van der Waals surface area contributed by atoms with Gasteiger partial charge in [-0.2, -0.15) is 5.10 Å². The Labute approximate surface area is 179 Å². The largest absolute Gasteiger partial charge is 0.306 e. The number of aromatic nitrogens is 3. The zero-order valence-corrected chi connectivity index (χ0v) is 18.2. The zero-order valence-electron chi connectivity index (χ0n) is 16.6. The molecule has 3 aromatic rings. The molecule has 1 amide bonds. The fourth-order valence-corrected chi connectivity index (χ4v) is 5.26. The van der Waals surface area contributed by atoms with Gasteiger partial charge < -0.3 is 4.90 Å². The van der Waals surface area contributed by atoms with Crippen molar-refractivity contribution in [3.8, 4) is 0 Å². The van der Waals surface area contributed by atoms with E-state index in [9.17, 15) is 4.79 Å². The average molecular weight is 427 g/mol. The maximum absolute atomic E-state index is 13.3. The first-order chi connectivity index (χ1) is 13.8. The molecule has 0 bridgehead atoms. The molecule has 1 aliphatic rings. The van der Waals surface area contributed by atoms with Crippen molar-refractivity contribution >= 4 is 35.0 Å². The predicted octanol–water partition coefficient (Wildman–Crippen LogP) is 5.07. The van der Waals surface area contributed by atoms with Crippen LogP contribution in [0, 0.1) is 0 Å². The van der Waals surface area contributed by atoms with Crippen LogP contribution in [0.2, 0.25) is 5.02 Å². The van der Waals surface area contributed by atoms with Crippen molar-refractivity contribution in [3.05, 3.63) is 71.0 Å². The van der Waals surface area contributed by atoms with Crippen LogP contribution in [-0.2, 0) is 10.2 Å². The third-order valence-corrected chi connectivity index (χ3v) is 6.70. The summed E-state index contributed by atoms with van der Waals surface area (Å²) in [5.41, 5.74) is 2.73. The first-order valence-corrected chi connectivity index (χ1v) is 10.8. The maximum atomic E-state index is 13.3. The molecule has 2 aromatic carbocycles. The van der Waals surface area contributed by atoms with Crippen LogP contribution in [0.1, 0.15) is 38.3 Å². The molecule has 0 saturated heterocycles. The number of anilines is 1. The second kappa shape index (κ2) is 7.50. The van der Waals surface area contributed by atoms with E-state index in [4.69, 9.17) is 11.6 Å². The smallest absolute Gasteiger partial charge is 0.237 e. The number of hydrogen-bond donors (Lipinski definition) is 1. The number of halogens is 1. The van der Waals surface area contributed by atoms with Crippen molar-refractivity contribution in [1.29, 1.82) is 0 Å². The second-order valence-electron chi connectivity index (χ2n) is 8.15. The van der Waals surface area contributed by atoms with Gasteiger partial charge in [-0.1, -0.05) is 60.6 Å². The molecule has 0 spiro atoms. The van der Waals surface area contributed by atoms with Crippen molar-refractivity contribution < 1.29 is 4.79 Å². The SMILES string of the molecule is CC1(C)C[C@@](C)(c2ccc(Cl)cc2)c2ccccc2N1C(=O)CSc1ncn[nH]1. The van der Waals surface area contributed by atoms with Gasteiger partial charge in [0.2, 0.25) is 5.91 Å². The fraction of sp³-hybridized carbons (Fsp3) is 0.318. The van der Waals surface area contributed by atoms with Gasteiger partial charge in [-0.05, 0) is 49.6 Å².